The first-order valence-electron chi connectivity index (χ1n) is 12.0. The van der Waals surface area contributed by atoms with Gasteiger partial charge in [-0.25, -0.2) is 0 Å². The zero-order valence-corrected chi connectivity index (χ0v) is 20.5. The number of methoxy groups -OCH3 is 1. The lowest BCUT2D eigenvalue weighted by atomic mass is 9.83. The summed E-state index contributed by atoms with van der Waals surface area (Å²) in [7, 11) is 1.42. The van der Waals surface area contributed by atoms with E-state index in [1.807, 2.05) is 18.2 Å². The molecule has 8 nitrogen and oxygen atoms in total. The number of piperidine rings is 1. The molecule has 2 atom stereocenters. The molecule has 1 aliphatic carbocycles. The molecule has 1 spiro atoms. The van der Waals surface area contributed by atoms with E-state index in [9.17, 15) is 15.0 Å². The van der Waals surface area contributed by atoms with E-state index in [4.69, 9.17) is 25.8 Å². The molecule has 0 aromatic heterocycles. The molecule has 2 aliphatic heterocycles. The molecule has 2 fully saturated rings. The Morgan fingerprint density at radius 3 is 2.71 bits per heavy atom. The lowest BCUT2D eigenvalue weighted by Gasteiger charge is -2.41. The van der Waals surface area contributed by atoms with Gasteiger partial charge < -0.3 is 29.7 Å². The van der Waals surface area contributed by atoms with Crippen LogP contribution < -0.4 is 10.1 Å². The van der Waals surface area contributed by atoms with E-state index in [1.54, 1.807) is 0 Å². The fourth-order valence-electron chi connectivity index (χ4n) is 4.91. The third-order valence-corrected chi connectivity index (χ3v) is 7.44. The van der Waals surface area contributed by atoms with Gasteiger partial charge in [0.05, 0.1) is 17.7 Å². The van der Waals surface area contributed by atoms with Gasteiger partial charge in [-0.15, -0.1) is 0 Å². The number of likely N-dealkylation sites (tertiary alicyclic amines) is 1. The fourth-order valence-corrected chi connectivity index (χ4v) is 5.27. The van der Waals surface area contributed by atoms with E-state index in [0.29, 0.717) is 18.7 Å². The number of rotatable bonds is 8. The second-order valence-electron chi connectivity index (χ2n) is 9.66. The van der Waals surface area contributed by atoms with E-state index >= 15 is 0 Å². The maximum absolute atomic E-state index is 12.6. The van der Waals surface area contributed by atoms with Crippen LogP contribution in [0.1, 0.15) is 52.7 Å². The Kier molecular flexibility index (Phi) is 6.67. The molecule has 2 heterocycles. The number of halogens is 1. The Bertz CT molecular complexity index is 1090. The molecule has 3 N–H and O–H groups in total. The van der Waals surface area contributed by atoms with Gasteiger partial charge in [0.25, 0.3) is 5.91 Å². The zero-order valence-electron chi connectivity index (χ0n) is 19.7. The first-order valence-corrected chi connectivity index (χ1v) is 12.4. The second-order valence-corrected chi connectivity index (χ2v) is 10.1. The number of phenolic OH excluding ortho intramolecular Hbond substituents is 1. The Morgan fingerprint density at radius 2 is 2.00 bits per heavy atom. The van der Waals surface area contributed by atoms with Crippen LogP contribution in [0.25, 0.3) is 0 Å². The van der Waals surface area contributed by atoms with Crippen LogP contribution >= 0.6 is 11.6 Å². The topological polar surface area (TPSA) is 100 Å². The zero-order chi connectivity index (χ0) is 24.6. The number of alkyl halides is 1. The minimum absolute atomic E-state index is 0.0281. The van der Waals surface area contributed by atoms with Gasteiger partial charge in [0.15, 0.2) is 5.56 Å². The molecule has 2 aromatic carbocycles. The van der Waals surface area contributed by atoms with Gasteiger partial charge in [-0.05, 0) is 43.4 Å². The molecule has 1 saturated heterocycles. The predicted molar refractivity (Wildman–Crippen MR) is 130 cm³/mol. The third-order valence-electron chi connectivity index (χ3n) is 7.12. The lowest BCUT2D eigenvalue weighted by Crippen LogP contribution is -2.52. The first kappa shape index (κ1) is 24.3. The number of hydrogen-bond acceptors (Lipinski definition) is 7. The van der Waals surface area contributed by atoms with Crippen molar-refractivity contribution < 1.29 is 29.2 Å². The van der Waals surface area contributed by atoms with Crippen molar-refractivity contribution in [3.63, 3.8) is 0 Å². The number of ether oxygens (including phenoxy) is 3. The monoisotopic (exact) mass is 502 g/mol. The summed E-state index contributed by atoms with van der Waals surface area (Å²) in [4.78, 5) is 14.7. The number of hydrogen-bond donors (Lipinski definition) is 3. The molecule has 1 saturated carbocycles. The highest BCUT2D eigenvalue weighted by Crippen LogP contribution is 2.50. The van der Waals surface area contributed by atoms with Crippen molar-refractivity contribution in [1.29, 1.82) is 0 Å². The first-order chi connectivity index (χ1) is 16.8. The Labute approximate surface area is 209 Å². The normalized spacial score (nSPS) is 23.0. The van der Waals surface area contributed by atoms with Gasteiger partial charge in [0.1, 0.15) is 18.1 Å². The summed E-state index contributed by atoms with van der Waals surface area (Å²) in [6.07, 6.45) is 3.41. The largest absolute Gasteiger partial charge is 0.508 e. The number of phenols is 1. The number of amides is 1. The average molecular weight is 503 g/mol. The average Bonchev–Trinajstić information content (AvgIpc) is 3.63. The summed E-state index contributed by atoms with van der Waals surface area (Å²) in [5.41, 5.74) is 1.62. The van der Waals surface area contributed by atoms with Crippen molar-refractivity contribution >= 4 is 17.5 Å². The highest BCUT2D eigenvalue weighted by molar-refractivity contribution is 6.20. The Balaban J connectivity index is 1.22. The van der Waals surface area contributed by atoms with Crippen LogP contribution in [0.3, 0.4) is 0 Å². The maximum Gasteiger partial charge on any atom is 0.255 e. The van der Waals surface area contributed by atoms with Crippen molar-refractivity contribution in [2.24, 2.45) is 0 Å². The quantitative estimate of drug-likeness (QED) is 0.376. The molecule has 1 amide bonds. The summed E-state index contributed by atoms with van der Waals surface area (Å²) in [6.45, 7) is 1.38. The van der Waals surface area contributed by atoms with E-state index in [-0.39, 0.29) is 36.6 Å². The molecule has 0 unspecified atom stereocenters. The van der Waals surface area contributed by atoms with Gasteiger partial charge in [0, 0.05) is 37.9 Å². The van der Waals surface area contributed by atoms with Gasteiger partial charge in [-0.1, -0.05) is 35.9 Å². The van der Waals surface area contributed by atoms with Crippen LogP contribution in [0.4, 0.5) is 0 Å². The SMILES string of the molecule is CO[C@](O)(COc1cc(O)ccc1C(=O)NC1CC1)CN1CCC2(CC1)O[C@@H](Cl)c1ccccc12. The molecule has 2 aromatic rings. The summed E-state index contributed by atoms with van der Waals surface area (Å²) in [6, 6.07) is 12.6. The molecule has 0 radical (unpaired) electrons. The summed E-state index contributed by atoms with van der Waals surface area (Å²) >= 11 is 6.45. The summed E-state index contributed by atoms with van der Waals surface area (Å²) in [5.74, 6) is -1.71. The molecule has 188 valence electrons. The van der Waals surface area contributed by atoms with Crippen molar-refractivity contribution in [2.45, 2.75) is 48.7 Å². The van der Waals surface area contributed by atoms with Crippen LogP contribution in [0, 0.1) is 0 Å². The molecular formula is C26H31ClN2O6. The highest BCUT2D eigenvalue weighted by Gasteiger charge is 2.47. The van der Waals surface area contributed by atoms with E-state index < -0.39 is 17.0 Å². The number of carbonyl (C=O) groups is 1. The highest BCUT2D eigenvalue weighted by atomic mass is 35.5. The Hall–Kier alpha value is -2.36. The minimum atomic E-state index is -1.61. The van der Waals surface area contributed by atoms with Gasteiger partial charge in [0.2, 0.25) is 5.79 Å². The van der Waals surface area contributed by atoms with Crippen LogP contribution in [0.15, 0.2) is 42.5 Å². The number of aromatic hydroxyl groups is 1. The van der Waals surface area contributed by atoms with Crippen LogP contribution in [0.2, 0.25) is 0 Å². The van der Waals surface area contributed by atoms with Crippen molar-refractivity contribution in [3.05, 3.63) is 59.2 Å². The number of aliphatic hydroxyl groups is 1. The predicted octanol–water partition coefficient (Wildman–Crippen LogP) is 3.26. The smallest absolute Gasteiger partial charge is 0.255 e. The van der Waals surface area contributed by atoms with Crippen molar-refractivity contribution in [2.75, 3.05) is 33.4 Å². The fraction of sp³-hybridized carbons (Fsp3) is 0.500. The molecular weight excluding hydrogens is 472 g/mol. The number of carbonyl (C=O) groups excluding carboxylic acids is 1. The van der Waals surface area contributed by atoms with Gasteiger partial charge in [-0.3, -0.25) is 9.69 Å². The van der Waals surface area contributed by atoms with Gasteiger partial charge >= 0.3 is 0 Å². The number of nitrogens with zero attached hydrogens (tertiary/aromatic N) is 1. The summed E-state index contributed by atoms with van der Waals surface area (Å²) < 4.78 is 17.5. The molecule has 3 aliphatic rings. The number of benzene rings is 2. The van der Waals surface area contributed by atoms with E-state index in [0.717, 1.165) is 36.8 Å². The van der Waals surface area contributed by atoms with Crippen molar-refractivity contribution in [3.8, 4) is 11.5 Å². The van der Waals surface area contributed by atoms with Crippen LogP contribution in [0.5, 0.6) is 11.5 Å². The van der Waals surface area contributed by atoms with E-state index in [1.165, 1.54) is 25.3 Å². The lowest BCUT2D eigenvalue weighted by molar-refractivity contribution is -0.217. The number of fused-ring (bicyclic) bond motifs is 2. The minimum Gasteiger partial charge on any atom is -0.508 e. The Morgan fingerprint density at radius 1 is 1.26 bits per heavy atom. The standard InChI is InChI=1S/C26H31ClN2O6/c1-33-26(32,16-34-22-14-18(30)8-9-20(22)24(31)28-17-6-7-17)15-29-12-10-25(11-13-29)21-5-3-2-4-19(21)23(27)35-25/h2-5,8-9,14,17,23,30,32H,6-7,10-13,15-16H2,1H3,(H,28,31)/t23-,26+/m1/s1. The molecule has 0 bridgehead atoms. The van der Waals surface area contributed by atoms with E-state index in [2.05, 4.69) is 16.3 Å². The van der Waals surface area contributed by atoms with Gasteiger partial charge in [-0.2, -0.15) is 0 Å². The third kappa shape index (κ3) is 5.13. The molecule has 9 heteroatoms. The number of β-amino-alcohol motifs (C(OH)–C–C–N with tert-alkyl or cyclic N) is 1. The van der Waals surface area contributed by atoms with Crippen LogP contribution in [-0.4, -0.2) is 66.2 Å². The molecule has 5 rings (SSSR count). The summed E-state index contributed by atoms with van der Waals surface area (Å²) in [5, 5.41) is 24.0. The maximum atomic E-state index is 12.6. The number of nitrogens with one attached hydrogen (secondary N) is 1. The molecule has 35 heavy (non-hydrogen) atoms. The van der Waals surface area contributed by atoms with Crippen molar-refractivity contribution in [1.82, 2.24) is 10.2 Å². The second kappa shape index (κ2) is 9.59. The van der Waals surface area contributed by atoms with Crippen LogP contribution in [-0.2, 0) is 15.1 Å².